The Morgan fingerprint density at radius 3 is 2.59 bits per heavy atom. The third kappa shape index (κ3) is 4.69. The van der Waals surface area contributed by atoms with Gasteiger partial charge in [-0.1, -0.05) is 6.58 Å². The Balaban J connectivity index is 1.41. The molecule has 0 atom stereocenters. The number of anilines is 4. The van der Waals surface area contributed by atoms with Crippen molar-refractivity contribution in [3.8, 4) is 11.3 Å². The Morgan fingerprint density at radius 2 is 1.79 bits per heavy atom. The van der Waals surface area contributed by atoms with Crippen LogP contribution in [0.4, 0.5) is 23.0 Å². The van der Waals surface area contributed by atoms with Gasteiger partial charge in [0.1, 0.15) is 11.0 Å². The molecule has 170 valence electrons. The van der Waals surface area contributed by atoms with E-state index in [2.05, 4.69) is 49.2 Å². The van der Waals surface area contributed by atoms with Crippen LogP contribution in [0, 0.1) is 0 Å². The Hall–Kier alpha value is -4.37. The smallest absolute Gasteiger partial charge is 0.247 e. The first-order chi connectivity index (χ1) is 16.7. The lowest BCUT2D eigenvalue weighted by molar-refractivity contribution is -0.111. The summed E-state index contributed by atoms with van der Waals surface area (Å²) >= 11 is 0. The predicted molar refractivity (Wildman–Crippen MR) is 132 cm³/mol. The maximum absolute atomic E-state index is 11.7. The number of carbonyl (C=O) groups is 1. The van der Waals surface area contributed by atoms with Gasteiger partial charge in [-0.05, 0) is 48.5 Å². The molecule has 0 bridgehead atoms. The van der Waals surface area contributed by atoms with E-state index in [9.17, 15) is 4.79 Å². The quantitative estimate of drug-likeness (QED) is 0.425. The lowest BCUT2D eigenvalue weighted by Crippen LogP contribution is -2.36. The molecule has 9 nitrogen and oxygen atoms in total. The van der Waals surface area contributed by atoms with Crippen molar-refractivity contribution in [1.29, 1.82) is 0 Å². The highest BCUT2D eigenvalue weighted by atomic mass is 16.5. The summed E-state index contributed by atoms with van der Waals surface area (Å²) in [5.41, 5.74) is 5.41. The van der Waals surface area contributed by atoms with Crippen LogP contribution in [0.1, 0.15) is 0 Å². The van der Waals surface area contributed by atoms with Gasteiger partial charge in [0.05, 0.1) is 25.1 Å². The summed E-state index contributed by atoms with van der Waals surface area (Å²) in [6, 6.07) is 13.5. The number of hydrogen-bond donors (Lipinski definition) is 2. The number of nitrogens with zero attached hydrogens (tertiary/aromatic N) is 5. The summed E-state index contributed by atoms with van der Waals surface area (Å²) in [7, 11) is 0. The summed E-state index contributed by atoms with van der Waals surface area (Å²) < 4.78 is 5.43. The first-order valence-corrected chi connectivity index (χ1v) is 10.9. The molecule has 1 aliphatic heterocycles. The van der Waals surface area contributed by atoms with Gasteiger partial charge in [-0.2, -0.15) is 0 Å². The fraction of sp³-hybridized carbons (Fsp3) is 0.160. The highest BCUT2D eigenvalue weighted by Crippen LogP contribution is 2.27. The molecule has 0 unspecified atom stereocenters. The lowest BCUT2D eigenvalue weighted by Gasteiger charge is -2.28. The third-order valence-corrected chi connectivity index (χ3v) is 5.47. The SMILES string of the molecule is C=CC(=O)Nc1ccnc(-c2ccnc3cnc(Nc4ccc(N5CCOCC5)cc4)nc23)c1. The number of ether oxygens (including phenoxy) is 1. The summed E-state index contributed by atoms with van der Waals surface area (Å²) in [4.78, 5) is 31.9. The number of morpholine rings is 1. The minimum atomic E-state index is -0.287. The van der Waals surface area contributed by atoms with Crippen LogP contribution in [0.2, 0.25) is 0 Å². The fourth-order valence-corrected chi connectivity index (χ4v) is 3.76. The van der Waals surface area contributed by atoms with Crippen molar-refractivity contribution in [3.05, 3.63) is 73.7 Å². The molecule has 1 aliphatic rings. The van der Waals surface area contributed by atoms with Crippen molar-refractivity contribution in [2.45, 2.75) is 0 Å². The molecule has 5 rings (SSSR count). The molecule has 0 spiro atoms. The second-order valence-electron chi connectivity index (χ2n) is 7.68. The molecular formula is C25H23N7O2. The minimum absolute atomic E-state index is 0.287. The lowest BCUT2D eigenvalue weighted by atomic mass is 10.1. The normalized spacial score (nSPS) is 13.5. The number of hydrogen-bond acceptors (Lipinski definition) is 8. The Labute approximate surface area is 196 Å². The van der Waals surface area contributed by atoms with Crippen molar-refractivity contribution in [1.82, 2.24) is 19.9 Å². The van der Waals surface area contributed by atoms with Crippen LogP contribution in [0.5, 0.6) is 0 Å². The number of fused-ring (bicyclic) bond motifs is 1. The van der Waals surface area contributed by atoms with Crippen molar-refractivity contribution in [2.24, 2.45) is 0 Å². The van der Waals surface area contributed by atoms with Crippen molar-refractivity contribution in [2.75, 3.05) is 41.8 Å². The van der Waals surface area contributed by atoms with Gasteiger partial charge in [0.2, 0.25) is 11.9 Å². The predicted octanol–water partition coefficient (Wildman–Crippen LogP) is 3.79. The molecular weight excluding hydrogens is 430 g/mol. The molecule has 2 N–H and O–H groups in total. The molecule has 1 saturated heterocycles. The van der Waals surface area contributed by atoms with Gasteiger partial charge in [-0.3, -0.25) is 14.8 Å². The van der Waals surface area contributed by atoms with Crippen LogP contribution < -0.4 is 15.5 Å². The number of benzene rings is 1. The highest BCUT2D eigenvalue weighted by molar-refractivity contribution is 5.99. The van der Waals surface area contributed by atoms with Gasteiger partial charge in [0.25, 0.3) is 0 Å². The molecule has 9 heteroatoms. The van der Waals surface area contributed by atoms with E-state index in [-0.39, 0.29) is 5.91 Å². The molecule has 1 amide bonds. The largest absolute Gasteiger partial charge is 0.378 e. The molecule has 0 saturated carbocycles. The van der Waals surface area contributed by atoms with Crippen LogP contribution in [0.15, 0.2) is 73.7 Å². The van der Waals surface area contributed by atoms with Crippen molar-refractivity contribution < 1.29 is 9.53 Å². The first-order valence-electron chi connectivity index (χ1n) is 10.9. The second-order valence-corrected chi connectivity index (χ2v) is 7.68. The van der Waals surface area contributed by atoms with E-state index in [0.717, 1.165) is 43.2 Å². The first kappa shape index (κ1) is 21.5. The van der Waals surface area contributed by atoms with E-state index in [1.54, 1.807) is 30.7 Å². The molecule has 4 aromatic rings. The highest BCUT2D eigenvalue weighted by Gasteiger charge is 2.13. The Kier molecular flexibility index (Phi) is 6.09. The van der Waals surface area contributed by atoms with Crippen LogP contribution in [-0.2, 0) is 9.53 Å². The van der Waals surface area contributed by atoms with E-state index >= 15 is 0 Å². The van der Waals surface area contributed by atoms with Gasteiger partial charge in [0.15, 0.2) is 0 Å². The number of amides is 1. The Bertz CT molecular complexity index is 1330. The van der Waals surface area contributed by atoms with Crippen LogP contribution in [0.3, 0.4) is 0 Å². The molecule has 34 heavy (non-hydrogen) atoms. The number of carbonyl (C=O) groups excluding carboxylic acids is 1. The van der Waals surface area contributed by atoms with Gasteiger partial charge in [-0.15, -0.1) is 0 Å². The number of rotatable bonds is 6. The molecule has 0 radical (unpaired) electrons. The average molecular weight is 454 g/mol. The van der Waals surface area contributed by atoms with Gasteiger partial charge < -0.3 is 20.3 Å². The van der Waals surface area contributed by atoms with Crippen molar-refractivity contribution >= 4 is 40.0 Å². The zero-order valence-electron chi connectivity index (χ0n) is 18.4. The summed E-state index contributed by atoms with van der Waals surface area (Å²) in [5, 5.41) is 6.02. The summed E-state index contributed by atoms with van der Waals surface area (Å²) in [5.74, 6) is 0.169. The molecule has 4 heterocycles. The molecule has 1 aromatic carbocycles. The van der Waals surface area contributed by atoms with E-state index < -0.39 is 0 Å². The Morgan fingerprint density at radius 1 is 1.00 bits per heavy atom. The summed E-state index contributed by atoms with van der Waals surface area (Å²) in [6.45, 7) is 6.77. The van der Waals surface area contributed by atoms with Gasteiger partial charge in [0, 0.05) is 48.1 Å². The minimum Gasteiger partial charge on any atom is -0.378 e. The molecule has 3 aromatic heterocycles. The van der Waals surface area contributed by atoms with E-state index in [0.29, 0.717) is 28.4 Å². The zero-order valence-corrected chi connectivity index (χ0v) is 18.4. The van der Waals surface area contributed by atoms with E-state index in [1.807, 2.05) is 18.2 Å². The average Bonchev–Trinajstić information content (AvgIpc) is 2.89. The van der Waals surface area contributed by atoms with Crippen molar-refractivity contribution in [3.63, 3.8) is 0 Å². The third-order valence-electron chi connectivity index (χ3n) is 5.47. The van der Waals surface area contributed by atoms with Gasteiger partial charge >= 0.3 is 0 Å². The topological polar surface area (TPSA) is 105 Å². The van der Waals surface area contributed by atoms with Crippen LogP contribution >= 0.6 is 0 Å². The standard InChI is InChI=1S/C25H23N7O2/c1-2-23(33)29-18-7-9-26-21(15-18)20-8-10-27-22-16-28-25(31-24(20)22)30-17-3-5-19(6-4-17)32-11-13-34-14-12-32/h2-10,15-16H,1,11-14H2,(H,26,29,33)(H,28,30,31). The zero-order chi connectivity index (χ0) is 23.3. The number of nitrogens with one attached hydrogen (secondary N) is 2. The van der Waals surface area contributed by atoms with E-state index in [1.165, 1.54) is 6.08 Å². The number of pyridine rings is 2. The second kappa shape index (κ2) is 9.63. The molecule has 1 fully saturated rings. The maximum atomic E-state index is 11.7. The monoisotopic (exact) mass is 453 g/mol. The van der Waals surface area contributed by atoms with Crippen LogP contribution in [0.25, 0.3) is 22.3 Å². The van der Waals surface area contributed by atoms with E-state index in [4.69, 9.17) is 9.72 Å². The fourth-order valence-electron chi connectivity index (χ4n) is 3.76. The number of aromatic nitrogens is 4. The summed E-state index contributed by atoms with van der Waals surface area (Å²) in [6.07, 6.45) is 6.23. The maximum Gasteiger partial charge on any atom is 0.247 e. The van der Waals surface area contributed by atoms with Gasteiger partial charge in [-0.25, -0.2) is 9.97 Å². The van der Waals surface area contributed by atoms with Crippen LogP contribution in [-0.4, -0.2) is 52.1 Å². The molecule has 0 aliphatic carbocycles.